The zero-order valence-electron chi connectivity index (χ0n) is 17.6. The highest BCUT2D eigenvalue weighted by atomic mass is 19.1. The Kier molecular flexibility index (Phi) is 9.26. The molecule has 5 heteroatoms. The molecule has 2 atom stereocenters. The molecule has 2 aromatic carbocycles. The van der Waals surface area contributed by atoms with Crippen LogP contribution in [0.3, 0.4) is 0 Å². The second-order valence-electron chi connectivity index (χ2n) is 7.68. The highest BCUT2D eigenvalue weighted by Crippen LogP contribution is 2.29. The standard InChI is InChI=1S/C24H32F2N2O/c1-4-17(2)16-23(27-3)24(29)28-15-5-6-22(18-7-11-20(25)12-8-18)19-9-13-21(26)14-10-19/h7-14,17,22-23,27H,4-6,15-16H2,1-3H3,(H,28,29)/t17?,23-/m0/s1. The first-order chi connectivity index (χ1) is 13.9. The number of amides is 1. The third kappa shape index (κ3) is 7.24. The molecule has 2 N–H and O–H groups in total. The topological polar surface area (TPSA) is 41.1 Å². The first-order valence-corrected chi connectivity index (χ1v) is 10.4. The SMILES string of the molecule is CCC(C)C[C@H](NC)C(=O)NCCCC(c1ccc(F)cc1)c1ccc(F)cc1. The van der Waals surface area contributed by atoms with E-state index in [0.717, 1.165) is 36.8 Å². The number of halogens is 2. The molecule has 158 valence electrons. The molecule has 0 aliphatic heterocycles. The molecule has 0 saturated carbocycles. The number of carbonyl (C=O) groups is 1. The number of likely N-dealkylation sites (N-methyl/N-ethyl adjacent to an activating group) is 1. The van der Waals surface area contributed by atoms with Crippen molar-refractivity contribution in [3.05, 3.63) is 71.3 Å². The molecule has 3 nitrogen and oxygen atoms in total. The number of rotatable bonds is 11. The lowest BCUT2D eigenvalue weighted by Crippen LogP contribution is -2.43. The average molecular weight is 403 g/mol. The van der Waals surface area contributed by atoms with Gasteiger partial charge in [-0.25, -0.2) is 8.78 Å². The fourth-order valence-corrected chi connectivity index (χ4v) is 3.48. The van der Waals surface area contributed by atoms with Crippen LogP contribution in [0.4, 0.5) is 8.78 Å². The van der Waals surface area contributed by atoms with Gasteiger partial charge in [0.1, 0.15) is 11.6 Å². The maximum atomic E-state index is 13.3. The van der Waals surface area contributed by atoms with Crippen molar-refractivity contribution in [2.24, 2.45) is 5.92 Å². The van der Waals surface area contributed by atoms with Crippen LogP contribution in [-0.4, -0.2) is 25.5 Å². The summed E-state index contributed by atoms with van der Waals surface area (Å²) < 4.78 is 26.6. The Hall–Kier alpha value is -2.27. The fraction of sp³-hybridized carbons (Fsp3) is 0.458. The van der Waals surface area contributed by atoms with Crippen molar-refractivity contribution in [1.82, 2.24) is 10.6 Å². The van der Waals surface area contributed by atoms with Crippen LogP contribution in [0.2, 0.25) is 0 Å². The summed E-state index contributed by atoms with van der Waals surface area (Å²) in [6, 6.07) is 12.7. The van der Waals surface area contributed by atoms with E-state index in [2.05, 4.69) is 24.5 Å². The van der Waals surface area contributed by atoms with E-state index in [1.807, 2.05) is 7.05 Å². The zero-order valence-corrected chi connectivity index (χ0v) is 17.6. The van der Waals surface area contributed by atoms with Crippen LogP contribution in [0.1, 0.15) is 56.6 Å². The number of carbonyl (C=O) groups excluding carboxylic acids is 1. The lowest BCUT2D eigenvalue weighted by atomic mass is 9.87. The number of nitrogens with one attached hydrogen (secondary N) is 2. The molecule has 0 heterocycles. The Labute approximate surface area is 172 Å². The van der Waals surface area contributed by atoms with Crippen LogP contribution in [0, 0.1) is 17.6 Å². The monoisotopic (exact) mass is 402 g/mol. The molecule has 0 bridgehead atoms. The summed E-state index contributed by atoms with van der Waals surface area (Å²) in [7, 11) is 1.81. The van der Waals surface area contributed by atoms with Crippen molar-refractivity contribution < 1.29 is 13.6 Å². The molecule has 2 rings (SSSR count). The van der Waals surface area contributed by atoms with E-state index < -0.39 is 0 Å². The lowest BCUT2D eigenvalue weighted by Gasteiger charge is -2.21. The molecule has 2 aromatic rings. The molecular formula is C24H32F2N2O. The summed E-state index contributed by atoms with van der Waals surface area (Å²) in [5.41, 5.74) is 1.96. The second-order valence-corrected chi connectivity index (χ2v) is 7.68. The van der Waals surface area contributed by atoms with Gasteiger partial charge in [-0.15, -0.1) is 0 Å². The largest absolute Gasteiger partial charge is 0.355 e. The van der Waals surface area contributed by atoms with Crippen LogP contribution < -0.4 is 10.6 Å². The predicted molar refractivity (Wildman–Crippen MR) is 114 cm³/mol. The van der Waals surface area contributed by atoms with E-state index in [9.17, 15) is 13.6 Å². The third-order valence-electron chi connectivity index (χ3n) is 5.51. The van der Waals surface area contributed by atoms with Gasteiger partial charge < -0.3 is 10.6 Å². The Morgan fingerprint density at radius 2 is 1.48 bits per heavy atom. The Balaban J connectivity index is 1.96. The maximum absolute atomic E-state index is 13.3. The van der Waals surface area contributed by atoms with Crippen molar-refractivity contribution in [2.45, 2.75) is 51.5 Å². The maximum Gasteiger partial charge on any atom is 0.237 e. The van der Waals surface area contributed by atoms with E-state index in [1.54, 1.807) is 24.3 Å². The molecule has 0 saturated heterocycles. The van der Waals surface area contributed by atoms with Crippen LogP contribution in [0.15, 0.2) is 48.5 Å². The molecule has 0 radical (unpaired) electrons. The normalized spacial score (nSPS) is 13.3. The molecule has 0 aliphatic rings. The Morgan fingerprint density at radius 3 is 1.93 bits per heavy atom. The van der Waals surface area contributed by atoms with E-state index >= 15 is 0 Å². The van der Waals surface area contributed by atoms with Gasteiger partial charge in [-0.3, -0.25) is 4.79 Å². The molecule has 0 aliphatic carbocycles. The molecule has 29 heavy (non-hydrogen) atoms. The van der Waals surface area contributed by atoms with Gasteiger partial charge in [-0.05, 0) is 67.6 Å². The Morgan fingerprint density at radius 1 is 0.966 bits per heavy atom. The van der Waals surface area contributed by atoms with Crippen LogP contribution in [0.25, 0.3) is 0 Å². The van der Waals surface area contributed by atoms with E-state index in [4.69, 9.17) is 0 Å². The summed E-state index contributed by atoms with van der Waals surface area (Å²) in [5, 5.41) is 6.11. The first-order valence-electron chi connectivity index (χ1n) is 10.4. The van der Waals surface area contributed by atoms with Crippen molar-refractivity contribution in [3.8, 4) is 0 Å². The average Bonchev–Trinajstić information content (AvgIpc) is 2.73. The molecular weight excluding hydrogens is 370 g/mol. The summed E-state index contributed by atoms with van der Waals surface area (Å²) in [5.74, 6) is -0.0303. The fourth-order valence-electron chi connectivity index (χ4n) is 3.48. The van der Waals surface area contributed by atoms with Crippen molar-refractivity contribution >= 4 is 5.91 Å². The number of benzene rings is 2. The summed E-state index contributed by atoms with van der Waals surface area (Å²) >= 11 is 0. The first kappa shape index (κ1) is 23.0. The lowest BCUT2D eigenvalue weighted by molar-refractivity contribution is -0.123. The predicted octanol–water partition coefficient (Wildman–Crippen LogP) is 5.02. The third-order valence-corrected chi connectivity index (χ3v) is 5.51. The van der Waals surface area contributed by atoms with Crippen LogP contribution >= 0.6 is 0 Å². The molecule has 0 aromatic heterocycles. The molecule has 0 spiro atoms. The van der Waals surface area contributed by atoms with Gasteiger partial charge in [0.05, 0.1) is 6.04 Å². The van der Waals surface area contributed by atoms with Gasteiger partial charge in [0, 0.05) is 12.5 Å². The van der Waals surface area contributed by atoms with Crippen LogP contribution in [0.5, 0.6) is 0 Å². The molecule has 1 amide bonds. The smallest absolute Gasteiger partial charge is 0.237 e. The number of hydrogen-bond donors (Lipinski definition) is 2. The van der Waals surface area contributed by atoms with Gasteiger partial charge in [0.2, 0.25) is 5.91 Å². The van der Waals surface area contributed by atoms with Gasteiger partial charge in [0.25, 0.3) is 0 Å². The van der Waals surface area contributed by atoms with E-state index in [1.165, 1.54) is 24.3 Å². The summed E-state index contributed by atoms with van der Waals surface area (Å²) in [6.45, 7) is 4.84. The summed E-state index contributed by atoms with van der Waals surface area (Å²) in [4.78, 5) is 12.4. The van der Waals surface area contributed by atoms with Gasteiger partial charge >= 0.3 is 0 Å². The van der Waals surface area contributed by atoms with E-state index in [-0.39, 0.29) is 29.5 Å². The van der Waals surface area contributed by atoms with E-state index in [0.29, 0.717) is 12.5 Å². The minimum absolute atomic E-state index is 0.0212. The van der Waals surface area contributed by atoms with Gasteiger partial charge in [-0.1, -0.05) is 44.5 Å². The quantitative estimate of drug-likeness (QED) is 0.518. The Bertz CT molecular complexity index is 701. The molecule has 0 fully saturated rings. The minimum atomic E-state index is -0.279. The van der Waals surface area contributed by atoms with Crippen molar-refractivity contribution in [2.75, 3.05) is 13.6 Å². The molecule has 1 unspecified atom stereocenters. The highest BCUT2D eigenvalue weighted by molar-refractivity contribution is 5.81. The summed E-state index contributed by atoms with van der Waals surface area (Å²) in [6.07, 6.45) is 3.40. The van der Waals surface area contributed by atoms with Crippen LogP contribution in [-0.2, 0) is 4.79 Å². The minimum Gasteiger partial charge on any atom is -0.355 e. The van der Waals surface area contributed by atoms with Gasteiger partial charge in [-0.2, -0.15) is 0 Å². The highest BCUT2D eigenvalue weighted by Gasteiger charge is 2.19. The number of hydrogen-bond acceptors (Lipinski definition) is 2. The van der Waals surface area contributed by atoms with Gasteiger partial charge in [0.15, 0.2) is 0 Å². The second kappa shape index (κ2) is 11.7. The van der Waals surface area contributed by atoms with Crippen molar-refractivity contribution in [1.29, 1.82) is 0 Å². The zero-order chi connectivity index (χ0) is 21.2. The van der Waals surface area contributed by atoms with Crippen molar-refractivity contribution in [3.63, 3.8) is 0 Å².